The highest BCUT2D eigenvalue weighted by molar-refractivity contribution is 7.88. The Morgan fingerprint density at radius 1 is 1.67 bits per heavy atom. The van der Waals surface area contributed by atoms with Gasteiger partial charge in [-0.25, -0.2) is 0 Å². The number of carbonyl (C=O) groups is 2. The first-order chi connectivity index (χ1) is 5.29. The molecule has 5 nitrogen and oxygen atoms in total. The largest absolute Gasteiger partial charge is 0.300 e. The van der Waals surface area contributed by atoms with Crippen LogP contribution in [0.25, 0.3) is 0 Å². The van der Waals surface area contributed by atoms with E-state index in [-0.39, 0.29) is 6.42 Å². The zero-order valence-corrected chi connectivity index (χ0v) is 7.22. The van der Waals surface area contributed by atoms with E-state index in [0.717, 1.165) is 0 Å². The lowest BCUT2D eigenvalue weighted by atomic mass is 10.2. The van der Waals surface area contributed by atoms with Gasteiger partial charge in [0.15, 0.2) is 10.5 Å². The molecular formula is C6H8O5S. The minimum Gasteiger partial charge on any atom is -0.300 e. The molecule has 0 bridgehead atoms. The SMILES string of the molecule is CC(=O)CC1(S(=O)(=O)O)CC1=O. The number of hydrogen-bond donors (Lipinski definition) is 1. The van der Waals surface area contributed by atoms with E-state index < -0.39 is 32.9 Å². The van der Waals surface area contributed by atoms with Gasteiger partial charge < -0.3 is 0 Å². The first-order valence-electron chi connectivity index (χ1n) is 3.29. The summed E-state index contributed by atoms with van der Waals surface area (Å²) in [5.74, 6) is -1.00. The summed E-state index contributed by atoms with van der Waals surface area (Å²) in [5, 5.41) is 0. The second kappa shape index (κ2) is 2.37. The molecule has 0 spiro atoms. The van der Waals surface area contributed by atoms with Crippen LogP contribution in [0, 0.1) is 0 Å². The molecule has 0 radical (unpaired) electrons. The maximum atomic E-state index is 10.7. The van der Waals surface area contributed by atoms with Crippen LogP contribution in [0.3, 0.4) is 0 Å². The quantitative estimate of drug-likeness (QED) is 0.612. The highest BCUT2D eigenvalue weighted by atomic mass is 32.2. The summed E-state index contributed by atoms with van der Waals surface area (Å²) in [4.78, 5) is 21.3. The maximum Gasteiger partial charge on any atom is 0.278 e. The van der Waals surface area contributed by atoms with Crippen LogP contribution >= 0.6 is 0 Å². The molecule has 1 aliphatic rings. The van der Waals surface area contributed by atoms with Crippen LogP contribution in [-0.2, 0) is 19.7 Å². The Labute approximate surface area is 69.5 Å². The van der Waals surface area contributed by atoms with E-state index in [1.807, 2.05) is 0 Å². The van der Waals surface area contributed by atoms with Gasteiger partial charge in [0.2, 0.25) is 0 Å². The molecule has 6 heteroatoms. The van der Waals surface area contributed by atoms with Crippen LogP contribution in [0.2, 0.25) is 0 Å². The molecule has 0 amide bonds. The molecule has 1 unspecified atom stereocenters. The number of rotatable bonds is 3. The zero-order chi connectivity index (χ0) is 9.57. The van der Waals surface area contributed by atoms with E-state index in [0.29, 0.717) is 0 Å². The van der Waals surface area contributed by atoms with Gasteiger partial charge in [-0.3, -0.25) is 14.1 Å². The van der Waals surface area contributed by atoms with E-state index >= 15 is 0 Å². The van der Waals surface area contributed by atoms with E-state index in [9.17, 15) is 18.0 Å². The zero-order valence-electron chi connectivity index (χ0n) is 6.40. The second-order valence-electron chi connectivity index (χ2n) is 2.95. The molecule has 0 aromatic heterocycles. The molecule has 1 rings (SSSR count). The van der Waals surface area contributed by atoms with Gasteiger partial charge in [0, 0.05) is 12.8 Å². The summed E-state index contributed by atoms with van der Waals surface area (Å²) < 4.78 is 28.1. The lowest BCUT2D eigenvalue weighted by Crippen LogP contribution is -2.27. The molecule has 1 aliphatic carbocycles. The van der Waals surface area contributed by atoms with Crippen molar-refractivity contribution < 1.29 is 22.6 Å². The Morgan fingerprint density at radius 3 is 2.17 bits per heavy atom. The average molecular weight is 192 g/mol. The van der Waals surface area contributed by atoms with Gasteiger partial charge in [0.25, 0.3) is 10.1 Å². The summed E-state index contributed by atoms with van der Waals surface area (Å²) in [6.45, 7) is 1.18. The molecule has 1 atom stereocenters. The first kappa shape index (κ1) is 9.34. The van der Waals surface area contributed by atoms with Crippen molar-refractivity contribution in [2.45, 2.75) is 24.5 Å². The smallest absolute Gasteiger partial charge is 0.278 e. The number of carbonyl (C=O) groups excluding carboxylic acids is 2. The topological polar surface area (TPSA) is 88.5 Å². The Bertz CT molecular complexity index is 341. The average Bonchev–Trinajstić information content (AvgIpc) is 2.38. The molecule has 1 saturated carbocycles. The third-order valence-electron chi connectivity index (χ3n) is 1.86. The van der Waals surface area contributed by atoms with E-state index in [4.69, 9.17) is 4.55 Å². The Morgan fingerprint density at radius 2 is 2.08 bits per heavy atom. The molecule has 0 heterocycles. The normalized spacial score (nSPS) is 28.7. The van der Waals surface area contributed by atoms with Crippen LogP contribution in [-0.4, -0.2) is 29.3 Å². The Kier molecular flexibility index (Phi) is 1.84. The third-order valence-corrected chi connectivity index (χ3v) is 3.36. The molecule has 0 aromatic rings. The molecule has 12 heavy (non-hydrogen) atoms. The lowest BCUT2D eigenvalue weighted by molar-refractivity contribution is -0.118. The van der Waals surface area contributed by atoms with Crippen molar-refractivity contribution in [1.29, 1.82) is 0 Å². The highest BCUT2D eigenvalue weighted by Gasteiger charge is 2.64. The van der Waals surface area contributed by atoms with Crippen LogP contribution in [0.1, 0.15) is 19.8 Å². The molecular weight excluding hydrogens is 184 g/mol. The van der Waals surface area contributed by atoms with Crippen LogP contribution in [0.15, 0.2) is 0 Å². The minimum absolute atomic E-state index is 0.245. The summed E-state index contributed by atoms with van der Waals surface area (Å²) >= 11 is 0. The molecule has 0 aliphatic heterocycles. The summed E-state index contributed by atoms with van der Waals surface area (Å²) in [7, 11) is -4.41. The van der Waals surface area contributed by atoms with Crippen molar-refractivity contribution in [2.75, 3.05) is 0 Å². The number of hydrogen-bond acceptors (Lipinski definition) is 4. The molecule has 1 N–H and O–H groups in total. The summed E-state index contributed by atoms with van der Waals surface area (Å²) in [5.41, 5.74) is 0. The first-order valence-corrected chi connectivity index (χ1v) is 4.73. The predicted octanol–water partition coefficient (Wildman–Crippen LogP) is -0.435. The molecule has 0 saturated heterocycles. The molecule has 0 aromatic carbocycles. The standard InChI is InChI=1S/C6H8O5S/c1-4(7)2-6(3-5(6)8)12(9,10)11/h2-3H2,1H3,(H,9,10,11). The predicted molar refractivity (Wildman–Crippen MR) is 39.2 cm³/mol. The fourth-order valence-electron chi connectivity index (χ4n) is 1.10. The second-order valence-corrected chi connectivity index (χ2v) is 4.68. The fourth-order valence-corrected chi connectivity index (χ4v) is 2.09. The van der Waals surface area contributed by atoms with Crippen LogP contribution in [0.5, 0.6) is 0 Å². The number of Topliss-reactive ketones (excluding diaryl/α,β-unsaturated/α-hetero) is 2. The highest BCUT2D eigenvalue weighted by Crippen LogP contribution is 2.41. The van der Waals surface area contributed by atoms with Gasteiger partial charge in [0.1, 0.15) is 5.78 Å². The van der Waals surface area contributed by atoms with Crippen molar-refractivity contribution in [1.82, 2.24) is 0 Å². The van der Waals surface area contributed by atoms with Crippen LogP contribution < -0.4 is 0 Å². The van der Waals surface area contributed by atoms with E-state index in [2.05, 4.69) is 0 Å². The summed E-state index contributed by atoms with van der Waals surface area (Å²) in [6.07, 6.45) is -0.657. The van der Waals surface area contributed by atoms with Gasteiger partial charge in [-0.2, -0.15) is 8.42 Å². The monoisotopic (exact) mass is 192 g/mol. The summed E-state index contributed by atoms with van der Waals surface area (Å²) in [6, 6.07) is 0. The Balaban J connectivity index is 2.96. The van der Waals surface area contributed by atoms with Gasteiger partial charge in [0.05, 0.1) is 0 Å². The van der Waals surface area contributed by atoms with Crippen molar-refractivity contribution in [3.05, 3.63) is 0 Å². The van der Waals surface area contributed by atoms with Gasteiger partial charge in [-0.15, -0.1) is 0 Å². The van der Waals surface area contributed by atoms with Gasteiger partial charge in [-0.05, 0) is 6.92 Å². The fraction of sp³-hybridized carbons (Fsp3) is 0.667. The van der Waals surface area contributed by atoms with Crippen molar-refractivity contribution >= 4 is 21.7 Å². The van der Waals surface area contributed by atoms with Gasteiger partial charge in [-0.1, -0.05) is 0 Å². The van der Waals surface area contributed by atoms with Crippen molar-refractivity contribution in [2.24, 2.45) is 0 Å². The van der Waals surface area contributed by atoms with E-state index in [1.165, 1.54) is 6.92 Å². The van der Waals surface area contributed by atoms with Crippen LogP contribution in [0.4, 0.5) is 0 Å². The molecule has 1 fully saturated rings. The molecule has 68 valence electrons. The van der Waals surface area contributed by atoms with Crippen molar-refractivity contribution in [3.63, 3.8) is 0 Å². The lowest BCUT2D eigenvalue weighted by Gasteiger charge is -2.05. The Hall–Kier alpha value is -0.750. The minimum atomic E-state index is -4.41. The van der Waals surface area contributed by atoms with Gasteiger partial charge >= 0.3 is 0 Å². The van der Waals surface area contributed by atoms with E-state index in [1.54, 1.807) is 0 Å². The third kappa shape index (κ3) is 1.27. The van der Waals surface area contributed by atoms with Crippen molar-refractivity contribution in [3.8, 4) is 0 Å². The maximum absolute atomic E-state index is 10.7. The number of ketones is 2.